The van der Waals surface area contributed by atoms with Crippen molar-refractivity contribution >= 4 is 29.4 Å². The summed E-state index contributed by atoms with van der Waals surface area (Å²) in [7, 11) is 0. The molecule has 2 amide bonds. The molecule has 1 heterocycles. The fourth-order valence-electron chi connectivity index (χ4n) is 2.95. The quantitative estimate of drug-likeness (QED) is 0.741. The van der Waals surface area contributed by atoms with Crippen molar-refractivity contribution in [3.8, 4) is 0 Å². The maximum Gasteiger partial charge on any atom is 0.259 e. The highest BCUT2D eigenvalue weighted by Gasteiger charge is 2.16. The van der Waals surface area contributed by atoms with Gasteiger partial charge in [0.2, 0.25) is 5.91 Å². The zero-order valence-electron chi connectivity index (χ0n) is 14.8. The molecule has 0 unspecified atom stereocenters. The summed E-state index contributed by atoms with van der Waals surface area (Å²) in [5, 5.41) is 14.0. The number of carbonyl (C=O) groups excluding carboxylic acids is 2. The Balaban J connectivity index is 1.47. The van der Waals surface area contributed by atoms with Crippen LogP contribution in [0.5, 0.6) is 0 Å². The standard InChI is InChI=1S/C19H21FN4O2S/c20-15-9-5-4-8-14(15)19(26)22-16-10-11-18(24-23-16)27-12-17(25)21-13-6-2-1-3-7-13/h4-5,8-11,13H,1-3,6-7,12H2,(H,21,25)(H,22,23,26). The lowest BCUT2D eigenvalue weighted by atomic mass is 9.95. The smallest absolute Gasteiger partial charge is 0.259 e. The van der Waals surface area contributed by atoms with Gasteiger partial charge in [-0.05, 0) is 37.1 Å². The van der Waals surface area contributed by atoms with Gasteiger partial charge in [0.05, 0.1) is 11.3 Å². The zero-order valence-corrected chi connectivity index (χ0v) is 15.6. The van der Waals surface area contributed by atoms with Crippen LogP contribution >= 0.6 is 11.8 Å². The van der Waals surface area contributed by atoms with Crippen molar-refractivity contribution < 1.29 is 14.0 Å². The first-order valence-electron chi connectivity index (χ1n) is 8.93. The second-order valence-electron chi connectivity index (χ2n) is 6.38. The zero-order chi connectivity index (χ0) is 19.1. The van der Waals surface area contributed by atoms with Gasteiger partial charge in [0.1, 0.15) is 10.8 Å². The number of hydrogen-bond acceptors (Lipinski definition) is 5. The molecule has 1 aromatic carbocycles. The van der Waals surface area contributed by atoms with Crippen molar-refractivity contribution in [1.82, 2.24) is 15.5 Å². The van der Waals surface area contributed by atoms with E-state index in [1.54, 1.807) is 18.2 Å². The summed E-state index contributed by atoms with van der Waals surface area (Å²) >= 11 is 1.29. The van der Waals surface area contributed by atoms with Gasteiger partial charge in [-0.3, -0.25) is 9.59 Å². The third-order valence-corrected chi connectivity index (χ3v) is 5.24. The van der Waals surface area contributed by atoms with Gasteiger partial charge in [-0.15, -0.1) is 10.2 Å². The fourth-order valence-corrected chi connectivity index (χ4v) is 3.57. The van der Waals surface area contributed by atoms with Gasteiger partial charge in [0, 0.05) is 6.04 Å². The Morgan fingerprint density at radius 3 is 2.56 bits per heavy atom. The van der Waals surface area contributed by atoms with Crippen molar-refractivity contribution in [2.75, 3.05) is 11.1 Å². The van der Waals surface area contributed by atoms with E-state index in [1.807, 2.05) is 0 Å². The summed E-state index contributed by atoms with van der Waals surface area (Å²) in [5.74, 6) is -0.704. The van der Waals surface area contributed by atoms with E-state index < -0.39 is 11.7 Å². The monoisotopic (exact) mass is 388 g/mol. The number of nitrogens with one attached hydrogen (secondary N) is 2. The van der Waals surface area contributed by atoms with E-state index in [9.17, 15) is 14.0 Å². The molecule has 0 spiro atoms. The average Bonchev–Trinajstić information content (AvgIpc) is 2.68. The predicted octanol–water partition coefficient (Wildman–Crippen LogP) is 3.41. The molecule has 0 radical (unpaired) electrons. The largest absolute Gasteiger partial charge is 0.353 e. The number of thioether (sulfide) groups is 1. The SMILES string of the molecule is O=C(CSc1ccc(NC(=O)c2ccccc2F)nn1)NC1CCCCC1. The molecule has 142 valence electrons. The minimum atomic E-state index is -0.598. The van der Waals surface area contributed by atoms with Crippen molar-refractivity contribution in [2.45, 2.75) is 43.2 Å². The molecule has 27 heavy (non-hydrogen) atoms. The molecule has 2 aromatic rings. The van der Waals surface area contributed by atoms with Gasteiger partial charge < -0.3 is 10.6 Å². The molecule has 0 bridgehead atoms. The predicted molar refractivity (Wildman–Crippen MR) is 102 cm³/mol. The molecule has 1 saturated carbocycles. The summed E-state index contributed by atoms with van der Waals surface area (Å²) < 4.78 is 13.6. The lowest BCUT2D eigenvalue weighted by Crippen LogP contribution is -2.37. The molecular weight excluding hydrogens is 367 g/mol. The molecule has 1 fully saturated rings. The van der Waals surface area contributed by atoms with Crippen LogP contribution in [-0.2, 0) is 4.79 Å². The summed E-state index contributed by atoms with van der Waals surface area (Å²) in [5.41, 5.74) is -0.0582. The first-order valence-corrected chi connectivity index (χ1v) is 9.92. The molecule has 0 atom stereocenters. The number of halogens is 1. The first kappa shape index (κ1) is 19.3. The van der Waals surface area contributed by atoms with E-state index in [4.69, 9.17) is 0 Å². The Morgan fingerprint density at radius 1 is 1.07 bits per heavy atom. The average molecular weight is 388 g/mol. The Labute approximate surface area is 161 Å². The van der Waals surface area contributed by atoms with E-state index in [-0.39, 0.29) is 29.1 Å². The number of benzene rings is 1. The molecule has 0 saturated heterocycles. The number of nitrogens with zero attached hydrogens (tertiary/aromatic N) is 2. The first-order chi connectivity index (χ1) is 13.1. The van der Waals surface area contributed by atoms with Crippen LogP contribution in [0, 0.1) is 5.82 Å². The van der Waals surface area contributed by atoms with E-state index >= 15 is 0 Å². The number of amides is 2. The maximum absolute atomic E-state index is 13.6. The summed E-state index contributed by atoms with van der Waals surface area (Å²) in [6.45, 7) is 0. The number of hydrogen-bond donors (Lipinski definition) is 2. The maximum atomic E-state index is 13.6. The van der Waals surface area contributed by atoms with Crippen molar-refractivity contribution in [3.63, 3.8) is 0 Å². The van der Waals surface area contributed by atoms with Crippen LogP contribution in [0.25, 0.3) is 0 Å². The van der Waals surface area contributed by atoms with Gasteiger partial charge in [0.15, 0.2) is 5.82 Å². The topological polar surface area (TPSA) is 84.0 Å². The Kier molecular flexibility index (Phi) is 6.75. The second kappa shape index (κ2) is 9.45. The summed E-state index contributed by atoms with van der Waals surface area (Å²) in [6.07, 6.45) is 5.68. The Hall–Kier alpha value is -2.48. The van der Waals surface area contributed by atoms with Crippen LogP contribution in [0.3, 0.4) is 0 Å². The molecule has 2 N–H and O–H groups in total. The molecule has 8 heteroatoms. The van der Waals surface area contributed by atoms with Crippen molar-refractivity contribution in [3.05, 3.63) is 47.8 Å². The highest BCUT2D eigenvalue weighted by Crippen LogP contribution is 2.19. The second-order valence-corrected chi connectivity index (χ2v) is 7.38. The molecule has 6 nitrogen and oxygen atoms in total. The minimum Gasteiger partial charge on any atom is -0.353 e. The highest BCUT2D eigenvalue weighted by atomic mass is 32.2. The third-order valence-electron chi connectivity index (χ3n) is 4.32. The van der Waals surface area contributed by atoms with Gasteiger partial charge >= 0.3 is 0 Å². The molecule has 1 aromatic heterocycles. The summed E-state index contributed by atoms with van der Waals surface area (Å²) in [4.78, 5) is 24.1. The number of carbonyl (C=O) groups is 2. The normalized spacial score (nSPS) is 14.6. The lowest BCUT2D eigenvalue weighted by Gasteiger charge is -2.22. The van der Waals surface area contributed by atoms with Crippen LogP contribution in [-0.4, -0.2) is 33.8 Å². The van der Waals surface area contributed by atoms with Gasteiger partial charge in [-0.25, -0.2) is 4.39 Å². The van der Waals surface area contributed by atoms with E-state index in [0.717, 1.165) is 12.8 Å². The van der Waals surface area contributed by atoms with E-state index in [0.29, 0.717) is 5.03 Å². The van der Waals surface area contributed by atoms with Crippen molar-refractivity contribution in [2.24, 2.45) is 0 Å². The van der Waals surface area contributed by atoms with Gasteiger partial charge in [-0.2, -0.15) is 0 Å². The van der Waals surface area contributed by atoms with E-state index in [1.165, 1.54) is 49.2 Å². The molecule has 1 aliphatic carbocycles. The number of aromatic nitrogens is 2. The van der Waals surface area contributed by atoms with Crippen LogP contribution in [0.1, 0.15) is 42.5 Å². The van der Waals surface area contributed by atoms with Crippen LogP contribution < -0.4 is 10.6 Å². The minimum absolute atomic E-state index is 0.00867. The Bertz CT molecular complexity index is 795. The molecule has 1 aliphatic rings. The Morgan fingerprint density at radius 2 is 1.85 bits per heavy atom. The molecular formula is C19H21FN4O2S. The number of anilines is 1. The molecule has 0 aliphatic heterocycles. The highest BCUT2D eigenvalue weighted by molar-refractivity contribution is 7.99. The van der Waals surface area contributed by atoms with Crippen LogP contribution in [0.4, 0.5) is 10.2 Å². The van der Waals surface area contributed by atoms with Gasteiger partial charge in [0.25, 0.3) is 5.91 Å². The van der Waals surface area contributed by atoms with Crippen LogP contribution in [0.2, 0.25) is 0 Å². The van der Waals surface area contributed by atoms with Crippen molar-refractivity contribution in [1.29, 1.82) is 0 Å². The summed E-state index contributed by atoms with van der Waals surface area (Å²) in [6, 6.07) is 9.25. The molecule has 3 rings (SSSR count). The fraction of sp³-hybridized carbons (Fsp3) is 0.368. The number of rotatable bonds is 6. The van der Waals surface area contributed by atoms with E-state index in [2.05, 4.69) is 20.8 Å². The van der Waals surface area contributed by atoms with Gasteiger partial charge in [-0.1, -0.05) is 43.2 Å². The third kappa shape index (κ3) is 5.75. The lowest BCUT2D eigenvalue weighted by molar-refractivity contribution is -0.119. The van der Waals surface area contributed by atoms with Crippen LogP contribution in [0.15, 0.2) is 41.4 Å².